The highest BCUT2D eigenvalue weighted by molar-refractivity contribution is 5.89. The number of benzene rings is 2. The summed E-state index contributed by atoms with van der Waals surface area (Å²) in [5.74, 6) is 1.17. The maximum Gasteiger partial charge on any atom is 0.319 e. The van der Waals surface area contributed by atoms with Crippen molar-refractivity contribution in [2.75, 3.05) is 17.2 Å². The molecule has 4 rings (SSSR count). The molecular formula is C23H29N3O. The molecule has 2 aliphatic rings. The van der Waals surface area contributed by atoms with E-state index in [9.17, 15) is 4.79 Å². The Morgan fingerprint density at radius 1 is 1.11 bits per heavy atom. The Morgan fingerprint density at radius 3 is 2.74 bits per heavy atom. The summed E-state index contributed by atoms with van der Waals surface area (Å²) in [5, 5.41) is 9.67. The Morgan fingerprint density at radius 2 is 1.93 bits per heavy atom. The highest BCUT2D eigenvalue weighted by Crippen LogP contribution is 2.51. The second-order valence-corrected chi connectivity index (χ2v) is 7.77. The molecule has 3 N–H and O–H groups in total. The molecule has 0 spiro atoms. The summed E-state index contributed by atoms with van der Waals surface area (Å²) in [6.45, 7) is 2.75. The second kappa shape index (κ2) is 8.03. The highest BCUT2D eigenvalue weighted by Gasteiger charge is 2.38. The average Bonchev–Trinajstić information content (AvgIpc) is 2.72. The van der Waals surface area contributed by atoms with E-state index in [0.29, 0.717) is 24.4 Å². The zero-order valence-electron chi connectivity index (χ0n) is 16.0. The van der Waals surface area contributed by atoms with E-state index in [4.69, 9.17) is 0 Å². The Kier molecular flexibility index (Phi) is 5.33. The van der Waals surface area contributed by atoms with Gasteiger partial charge in [-0.25, -0.2) is 4.79 Å². The van der Waals surface area contributed by atoms with E-state index in [1.54, 1.807) is 0 Å². The molecule has 1 aliphatic carbocycles. The molecule has 0 bridgehead atoms. The molecule has 0 aromatic heterocycles. The Balaban J connectivity index is 1.61. The van der Waals surface area contributed by atoms with Crippen LogP contribution in [0, 0.1) is 5.92 Å². The number of anilines is 2. The average molecular weight is 364 g/mol. The van der Waals surface area contributed by atoms with Crippen LogP contribution in [0.25, 0.3) is 0 Å². The van der Waals surface area contributed by atoms with Crippen LogP contribution in [0.1, 0.15) is 62.1 Å². The van der Waals surface area contributed by atoms with Gasteiger partial charge in [-0.1, -0.05) is 50.1 Å². The van der Waals surface area contributed by atoms with Crippen LogP contribution in [-0.4, -0.2) is 12.6 Å². The topological polar surface area (TPSA) is 53.2 Å². The van der Waals surface area contributed by atoms with Crippen LogP contribution in [0.3, 0.4) is 0 Å². The van der Waals surface area contributed by atoms with Crippen LogP contribution >= 0.6 is 0 Å². The van der Waals surface area contributed by atoms with Crippen molar-refractivity contribution < 1.29 is 4.79 Å². The van der Waals surface area contributed by atoms with Gasteiger partial charge in [0.15, 0.2) is 0 Å². The molecule has 27 heavy (non-hydrogen) atoms. The molecule has 1 heterocycles. The predicted octanol–water partition coefficient (Wildman–Crippen LogP) is 5.66. The largest absolute Gasteiger partial charge is 0.378 e. The molecule has 0 radical (unpaired) electrons. The lowest BCUT2D eigenvalue weighted by Crippen LogP contribution is -2.34. The van der Waals surface area contributed by atoms with Crippen LogP contribution < -0.4 is 16.0 Å². The fourth-order valence-corrected chi connectivity index (χ4v) is 4.70. The maximum absolute atomic E-state index is 12.0. The summed E-state index contributed by atoms with van der Waals surface area (Å²) in [6.07, 6.45) is 6.02. The van der Waals surface area contributed by atoms with Crippen molar-refractivity contribution in [3.05, 3.63) is 59.7 Å². The van der Waals surface area contributed by atoms with Gasteiger partial charge in [0.05, 0.1) is 6.04 Å². The fourth-order valence-electron chi connectivity index (χ4n) is 4.70. The molecule has 142 valence electrons. The van der Waals surface area contributed by atoms with Crippen LogP contribution in [0.2, 0.25) is 0 Å². The van der Waals surface area contributed by atoms with E-state index in [1.165, 1.54) is 42.5 Å². The van der Waals surface area contributed by atoms with Crippen molar-refractivity contribution in [2.24, 2.45) is 5.92 Å². The summed E-state index contributed by atoms with van der Waals surface area (Å²) in [4.78, 5) is 12.0. The number of fused-ring (bicyclic) bond motifs is 3. The van der Waals surface area contributed by atoms with Gasteiger partial charge in [-0.3, -0.25) is 0 Å². The first-order valence-corrected chi connectivity index (χ1v) is 10.3. The molecule has 4 heteroatoms. The van der Waals surface area contributed by atoms with Crippen molar-refractivity contribution in [1.29, 1.82) is 0 Å². The summed E-state index contributed by atoms with van der Waals surface area (Å²) >= 11 is 0. The Bertz CT molecular complexity index is 789. The molecule has 2 aromatic rings. The quantitative estimate of drug-likeness (QED) is 0.656. The lowest BCUT2D eigenvalue weighted by Gasteiger charge is -2.44. The molecular weight excluding hydrogens is 334 g/mol. The number of hydrogen-bond acceptors (Lipinski definition) is 2. The number of hydrogen-bond donors (Lipinski definition) is 3. The number of rotatable bonds is 4. The maximum atomic E-state index is 12.0. The van der Waals surface area contributed by atoms with Gasteiger partial charge in [0, 0.05) is 17.9 Å². The standard InChI is InChI=1S/C23H29N3O/c1-2-14-24-23(27)25-17-12-13-21-20(15-17)18-10-6-7-11-19(18)22(26-21)16-8-4-3-5-9-16/h3-5,8-9,12-13,15,18-19,22,26H,2,6-7,10-11,14H2,1H3,(H2,24,25,27). The third kappa shape index (κ3) is 3.80. The number of urea groups is 1. The van der Waals surface area contributed by atoms with Crippen LogP contribution in [0.15, 0.2) is 48.5 Å². The van der Waals surface area contributed by atoms with Crippen molar-refractivity contribution in [1.82, 2.24) is 5.32 Å². The first-order chi connectivity index (χ1) is 13.3. The van der Waals surface area contributed by atoms with E-state index in [2.05, 4.69) is 65.3 Å². The van der Waals surface area contributed by atoms with Gasteiger partial charge in [0.1, 0.15) is 0 Å². The highest BCUT2D eigenvalue weighted by atomic mass is 16.2. The lowest BCUT2D eigenvalue weighted by atomic mass is 9.68. The SMILES string of the molecule is CCCNC(=O)Nc1ccc2c(c1)C1CCCCC1C(c1ccccc1)N2. The molecule has 0 saturated heterocycles. The van der Waals surface area contributed by atoms with E-state index < -0.39 is 0 Å². The zero-order chi connectivity index (χ0) is 18.6. The van der Waals surface area contributed by atoms with Gasteiger partial charge >= 0.3 is 6.03 Å². The Labute approximate surface area is 161 Å². The minimum absolute atomic E-state index is 0.122. The first kappa shape index (κ1) is 17.9. The van der Waals surface area contributed by atoms with Crippen molar-refractivity contribution in [3.8, 4) is 0 Å². The van der Waals surface area contributed by atoms with Crippen molar-refractivity contribution in [2.45, 2.75) is 51.0 Å². The van der Waals surface area contributed by atoms with E-state index in [1.807, 2.05) is 6.07 Å². The molecule has 2 amide bonds. The third-order valence-electron chi connectivity index (χ3n) is 5.96. The minimum Gasteiger partial charge on any atom is -0.378 e. The molecule has 2 aromatic carbocycles. The minimum atomic E-state index is -0.122. The third-order valence-corrected chi connectivity index (χ3v) is 5.96. The molecule has 3 atom stereocenters. The van der Waals surface area contributed by atoms with Crippen molar-refractivity contribution in [3.63, 3.8) is 0 Å². The number of carbonyl (C=O) groups excluding carboxylic acids is 1. The number of carbonyl (C=O) groups is 1. The number of nitrogens with one attached hydrogen (secondary N) is 3. The lowest BCUT2D eigenvalue weighted by molar-refractivity contribution is 0.252. The second-order valence-electron chi connectivity index (χ2n) is 7.77. The van der Waals surface area contributed by atoms with Gasteiger partial charge in [-0.15, -0.1) is 0 Å². The molecule has 1 saturated carbocycles. The van der Waals surface area contributed by atoms with Gasteiger partial charge in [-0.05, 0) is 60.4 Å². The molecule has 1 fully saturated rings. The normalized spacial score (nSPS) is 23.5. The first-order valence-electron chi connectivity index (χ1n) is 10.3. The van der Waals surface area contributed by atoms with Gasteiger partial charge in [0.25, 0.3) is 0 Å². The number of amides is 2. The van der Waals surface area contributed by atoms with Gasteiger partial charge in [-0.2, -0.15) is 0 Å². The fraction of sp³-hybridized carbons (Fsp3) is 0.435. The van der Waals surface area contributed by atoms with E-state index in [0.717, 1.165) is 12.1 Å². The smallest absolute Gasteiger partial charge is 0.319 e. The van der Waals surface area contributed by atoms with Crippen molar-refractivity contribution >= 4 is 17.4 Å². The molecule has 3 unspecified atom stereocenters. The Hall–Kier alpha value is -2.49. The van der Waals surface area contributed by atoms with Crippen LogP contribution in [-0.2, 0) is 0 Å². The predicted molar refractivity (Wildman–Crippen MR) is 111 cm³/mol. The molecule has 4 nitrogen and oxygen atoms in total. The van der Waals surface area contributed by atoms with E-state index in [-0.39, 0.29) is 6.03 Å². The summed E-state index contributed by atoms with van der Waals surface area (Å²) in [6, 6.07) is 17.4. The van der Waals surface area contributed by atoms with Crippen LogP contribution in [0.4, 0.5) is 16.2 Å². The van der Waals surface area contributed by atoms with E-state index >= 15 is 0 Å². The summed E-state index contributed by atoms with van der Waals surface area (Å²) < 4.78 is 0. The van der Waals surface area contributed by atoms with Crippen LogP contribution in [0.5, 0.6) is 0 Å². The van der Waals surface area contributed by atoms with Gasteiger partial charge < -0.3 is 16.0 Å². The summed E-state index contributed by atoms with van der Waals surface area (Å²) in [7, 11) is 0. The summed E-state index contributed by atoms with van der Waals surface area (Å²) in [5.41, 5.74) is 4.83. The zero-order valence-corrected chi connectivity index (χ0v) is 16.0. The van der Waals surface area contributed by atoms with Gasteiger partial charge in [0.2, 0.25) is 0 Å². The monoisotopic (exact) mass is 363 g/mol. The molecule has 1 aliphatic heterocycles.